The highest BCUT2D eigenvalue weighted by molar-refractivity contribution is 5.15. The highest BCUT2D eigenvalue weighted by atomic mass is 14.9. The maximum atomic E-state index is 5.77. The Balaban J connectivity index is 2.03. The molecule has 0 fully saturated rings. The van der Waals surface area contributed by atoms with E-state index in [0.717, 1.165) is 13.0 Å². The van der Waals surface area contributed by atoms with Crippen LogP contribution in [-0.2, 0) is 13.0 Å². The van der Waals surface area contributed by atoms with Gasteiger partial charge >= 0.3 is 0 Å². The lowest BCUT2D eigenvalue weighted by Gasteiger charge is -2.03. The first-order chi connectivity index (χ1) is 7.74. The first kappa shape index (κ1) is 10.9. The fraction of sp³-hybridized carbons (Fsp3) is 0.308. The predicted octanol–water partition coefficient (Wildman–Crippen LogP) is 1.82. The minimum absolute atomic E-state index is 0.217. The average molecular weight is 215 g/mol. The average Bonchev–Trinajstić information content (AvgIpc) is 2.66. The van der Waals surface area contributed by atoms with E-state index in [9.17, 15) is 0 Å². The molecule has 2 heterocycles. The molecule has 0 saturated heterocycles. The van der Waals surface area contributed by atoms with Crippen molar-refractivity contribution in [3.8, 4) is 0 Å². The number of aromatic nitrogens is 2. The van der Waals surface area contributed by atoms with Gasteiger partial charge in [0.15, 0.2) is 0 Å². The summed E-state index contributed by atoms with van der Waals surface area (Å²) >= 11 is 0. The molecular weight excluding hydrogens is 198 g/mol. The fourth-order valence-electron chi connectivity index (χ4n) is 1.78. The Kier molecular flexibility index (Phi) is 3.37. The van der Waals surface area contributed by atoms with Gasteiger partial charge in [0.25, 0.3) is 0 Å². The van der Waals surface area contributed by atoms with Crippen LogP contribution in [0.2, 0.25) is 0 Å². The van der Waals surface area contributed by atoms with Gasteiger partial charge in [0.2, 0.25) is 0 Å². The van der Waals surface area contributed by atoms with Crippen molar-refractivity contribution in [1.82, 2.24) is 9.55 Å². The fourth-order valence-corrected chi connectivity index (χ4v) is 1.78. The van der Waals surface area contributed by atoms with Crippen LogP contribution in [0.1, 0.15) is 18.1 Å². The van der Waals surface area contributed by atoms with E-state index in [1.165, 1.54) is 11.1 Å². The van der Waals surface area contributed by atoms with E-state index >= 15 is 0 Å². The van der Waals surface area contributed by atoms with Gasteiger partial charge in [-0.05, 0) is 36.6 Å². The smallest absolute Gasteiger partial charge is 0.0485 e. The van der Waals surface area contributed by atoms with Crippen LogP contribution >= 0.6 is 0 Å². The summed E-state index contributed by atoms with van der Waals surface area (Å²) in [6, 6.07) is 6.38. The Morgan fingerprint density at radius 2 is 2.25 bits per heavy atom. The highest BCUT2D eigenvalue weighted by Gasteiger charge is 2.00. The molecule has 1 atom stereocenters. The Morgan fingerprint density at radius 3 is 2.94 bits per heavy atom. The van der Waals surface area contributed by atoms with E-state index in [-0.39, 0.29) is 6.04 Å². The Hall–Kier alpha value is -1.61. The van der Waals surface area contributed by atoms with Crippen molar-refractivity contribution < 1.29 is 0 Å². The van der Waals surface area contributed by atoms with Crippen molar-refractivity contribution in [3.63, 3.8) is 0 Å². The third-order valence-corrected chi connectivity index (χ3v) is 2.46. The maximum absolute atomic E-state index is 5.77. The molecule has 0 radical (unpaired) electrons. The van der Waals surface area contributed by atoms with Crippen molar-refractivity contribution in [2.75, 3.05) is 0 Å². The van der Waals surface area contributed by atoms with Crippen molar-refractivity contribution >= 4 is 0 Å². The van der Waals surface area contributed by atoms with E-state index in [0.29, 0.717) is 0 Å². The lowest BCUT2D eigenvalue weighted by atomic mass is 10.1. The Labute approximate surface area is 95.9 Å². The van der Waals surface area contributed by atoms with E-state index in [1.54, 1.807) is 6.20 Å². The summed E-state index contributed by atoms with van der Waals surface area (Å²) in [6.45, 7) is 2.89. The van der Waals surface area contributed by atoms with Crippen molar-refractivity contribution in [2.24, 2.45) is 5.73 Å². The van der Waals surface area contributed by atoms with Crippen molar-refractivity contribution in [1.29, 1.82) is 0 Å². The number of rotatable bonds is 4. The van der Waals surface area contributed by atoms with Gasteiger partial charge in [0.1, 0.15) is 0 Å². The summed E-state index contributed by atoms with van der Waals surface area (Å²) in [7, 11) is 0. The van der Waals surface area contributed by atoms with Gasteiger partial charge in [0.05, 0.1) is 0 Å². The lowest BCUT2D eigenvalue weighted by molar-refractivity contribution is 0.731. The molecule has 2 rings (SSSR count). The SMILES string of the molecule is CC(N)Cc1ccn(Cc2cccnc2)c1. The highest BCUT2D eigenvalue weighted by Crippen LogP contribution is 2.07. The Morgan fingerprint density at radius 1 is 1.38 bits per heavy atom. The molecule has 0 aliphatic heterocycles. The quantitative estimate of drug-likeness (QED) is 0.845. The zero-order chi connectivity index (χ0) is 11.4. The van der Waals surface area contributed by atoms with Crippen LogP contribution in [0.5, 0.6) is 0 Å². The molecule has 1 unspecified atom stereocenters. The normalized spacial score (nSPS) is 12.6. The molecule has 0 aliphatic carbocycles. The molecule has 16 heavy (non-hydrogen) atoms. The van der Waals surface area contributed by atoms with Gasteiger partial charge < -0.3 is 10.3 Å². The van der Waals surface area contributed by atoms with Gasteiger partial charge in [-0.3, -0.25) is 4.98 Å². The zero-order valence-corrected chi connectivity index (χ0v) is 9.50. The molecule has 0 spiro atoms. The van der Waals surface area contributed by atoms with E-state index in [1.807, 2.05) is 19.2 Å². The van der Waals surface area contributed by atoms with E-state index in [4.69, 9.17) is 5.73 Å². The first-order valence-electron chi connectivity index (χ1n) is 5.53. The van der Waals surface area contributed by atoms with Gasteiger partial charge in [-0.1, -0.05) is 6.07 Å². The van der Waals surface area contributed by atoms with Crippen LogP contribution in [0.3, 0.4) is 0 Å². The maximum Gasteiger partial charge on any atom is 0.0485 e. The Bertz CT molecular complexity index is 431. The molecule has 2 aromatic rings. The van der Waals surface area contributed by atoms with Gasteiger partial charge in [-0.25, -0.2) is 0 Å². The second-order valence-corrected chi connectivity index (χ2v) is 4.23. The van der Waals surface area contributed by atoms with Gasteiger partial charge in [0, 0.05) is 37.4 Å². The van der Waals surface area contributed by atoms with Crippen LogP contribution in [0, 0.1) is 0 Å². The largest absolute Gasteiger partial charge is 0.350 e. The van der Waals surface area contributed by atoms with Gasteiger partial charge in [-0.2, -0.15) is 0 Å². The topological polar surface area (TPSA) is 43.8 Å². The first-order valence-corrected chi connectivity index (χ1v) is 5.53. The zero-order valence-electron chi connectivity index (χ0n) is 9.50. The molecule has 0 bridgehead atoms. The third kappa shape index (κ3) is 2.94. The van der Waals surface area contributed by atoms with Crippen LogP contribution in [0.25, 0.3) is 0 Å². The molecule has 2 aromatic heterocycles. The second-order valence-electron chi connectivity index (χ2n) is 4.23. The minimum Gasteiger partial charge on any atom is -0.350 e. The molecule has 0 aromatic carbocycles. The molecule has 3 nitrogen and oxygen atoms in total. The predicted molar refractivity (Wildman–Crippen MR) is 65.1 cm³/mol. The lowest BCUT2D eigenvalue weighted by Crippen LogP contribution is -2.17. The molecule has 3 heteroatoms. The standard InChI is InChI=1S/C13H17N3/c1-11(14)7-12-4-6-16(9-12)10-13-3-2-5-15-8-13/h2-6,8-9,11H,7,10,14H2,1H3. The van der Waals surface area contributed by atoms with Crippen molar-refractivity contribution in [2.45, 2.75) is 25.9 Å². The number of nitrogens with zero attached hydrogens (tertiary/aromatic N) is 2. The number of hydrogen-bond acceptors (Lipinski definition) is 2. The van der Waals surface area contributed by atoms with Crippen LogP contribution < -0.4 is 5.73 Å². The van der Waals surface area contributed by atoms with E-state index < -0.39 is 0 Å². The monoisotopic (exact) mass is 215 g/mol. The second kappa shape index (κ2) is 4.94. The minimum atomic E-state index is 0.217. The molecule has 84 valence electrons. The summed E-state index contributed by atoms with van der Waals surface area (Å²) in [4.78, 5) is 4.10. The molecule has 0 aliphatic rings. The molecule has 2 N–H and O–H groups in total. The number of pyridine rings is 1. The molecular formula is C13H17N3. The number of nitrogens with two attached hydrogens (primary N) is 1. The van der Waals surface area contributed by atoms with E-state index in [2.05, 4.69) is 34.1 Å². The number of hydrogen-bond donors (Lipinski definition) is 1. The third-order valence-electron chi connectivity index (χ3n) is 2.46. The molecule has 0 amide bonds. The van der Waals surface area contributed by atoms with Crippen LogP contribution in [0.4, 0.5) is 0 Å². The summed E-state index contributed by atoms with van der Waals surface area (Å²) in [6.07, 6.45) is 8.85. The van der Waals surface area contributed by atoms with Crippen LogP contribution in [-0.4, -0.2) is 15.6 Å². The summed E-state index contributed by atoms with van der Waals surface area (Å²) in [5.41, 5.74) is 8.27. The van der Waals surface area contributed by atoms with Crippen LogP contribution in [0.15, 0.2) is 43.0 Å². The molecule has 0 saturated carbocycles. The van der Waals surface area contributed by atoms with Gasteiger partial charge in [-0.15, -0.1) is 0 Å². The summed E-state index contributed by atoms with van der Waals surface area (Å²) in [5, 5.41) is 0. The summed E-state index contributed by atoms with van der Waals surface area (Å²) < 4.78 is 2.16. The summed E-state index contributed by atoms with van der Waals surface area (Å²) in [5.74, 6) is 0. The van der Waals surface area contributed by atoms with Crippen molar-refractivity contribution in [3.05, 3.63) is 54.1 Å².